The molecule has 1 aliphatic heterocycles. The van der Waals surface area contributed by atoms with Gasteiger partial charge < -0.3 is 4.74 Å². The summed E-state index contributed by atoms with van der Waals surface area (Å²) >= 11 is 0. The fourth-order valence-corrected chi connectivity index (χ4v) is 1.55. The molecule has 1 fully saturated rings. The van der Waals surface area contributed by atoms with Gasteiger partial charge in [-0.25, -0.2) is 0 Å². The van der Waals surface area contributed by atoms with Gasteiger partial charge in [-0.1, -0.05) is 0 Å². The van der Waals surface area contributed by atoms with Crippen molar-refractivity contribution in [1.29, 1.82) is 0 Å². The van der Waals surface area contributed by atoms with E-state index >= 15 is 0 Å². The molecule has 0 bridgehead atoms. The van der Waals surface area contributed by atoms with Gasteiger partial charge in [0.15, 0.2) is 0 Å². The molecule has 0 unspecified atom stereocenters. The van der Waals surface area contributed by atoms with Crippen LogP contribution >= 0.6 is 0 Å². The highest BCUT2D eigenvalue weighted by Crippen LogP contribution is 2.06. The standard InChI is InChI=1S/C10H17NO3/c1-9(12)8-10(13)14-7-6-11-4-2-3-5-11/h2-8H2,1H3. The molecule has 4 heteroatoms. The van der Waals surface area contributed by atoms with Crippen LogP contribution in [-0.2, 0) is 14.3 Å². The lowest BCUT2D eigenvalue weighted by Gasteiger charge is -2.13. The molecule has 14 heavy (non-hydrogen) atoms. The second kappa shape index (κ2) is 5.75. The highest BCUT2D eigenvalue weighted by atomic mass is 16.5. The number of carbonyl (C=O) groups excluding carboxylic acids is 2. The lowest BCUT2D eigenvalue weighted by molar-refractivity contribution is -0.146. The Labute approximate surface area is 84.2 Å². The van der Waals surface area contributed by atoms with Gasteiger partial charge in [0.25, 0.3) is 0 Å². The topological polar surface area (TPSA) is 46.6 Å². The maximum absolute atomic E-state index is 11.0. The minimum absolute atomic E-state index is 0.0972. The molecule has 1 heterocycles. The van der Waals surface area contributed by atoms with Crippen LogP contribution in [-0.4, -0.2) is 42.9 Å². The highest BCUT2D eigenvalue weighted by molar-refractivity contribution is 5.94. The molecule has 4 nitrogen and oxygen atoms in total. The molecule has 1 saturated heterocycles. The molecule has 0 N–H and O–H groups in total. The number of esters is 1. The first-order valence-electron chi connectivity index (χ1n) is 5.06. The Morgan fingerprint density at radius 2 is 1.93 bits per heavy atom. The Bertz CT molecular complexity index is 209. The smallest absolute Gasteiger partial charge is 0.313 e. The first-order chi connectivity index (χ1) is 6.68. The zero-order valence-electron chi connectivity index (χ0n) is 8.62. The summed E-state index contributed by atoms with van der Waals surface area (Å²) in [5.74, 6) is -0.548. The number of carbonyl (C=O) groups is 2. The molecule has 0 aromatic rings. The fourth-order valence-electron chi connectivity index (χ4n) is 1.55. The number of hydrogen-bond acceptors (Lipinski definition) is 4. The van der Waals surface area contributed by atoms with Gasteiger partial charge in [0.1, 0.15) is 18.8 Å². The van der Waals surface area contributed by atoms with Gasteiger partial charge in [0, 0.05) is 6.54 Å². The van der Waals surface area contributed by atoms with Crippen molar-refractivity contribution in [1.82, 2.24) is 4.90 Å². The molecule has 0 spiro atoms. The van der Waals surface area contributed by atoms with Crippen molar-refractivity contribution >= 4 is 11.8 Å². The zero-order valence-corrected chi connectivity index (χ0v) is 8.62. The second-order valence-electron chi connectivity index (χ2n) is 3.65. The van der Waals surface area contributed by atoms with E-state index in [2.05, 4.69) is 4.90 Å². The van der Waals surface area contributed by atoms with Gasteiger partial charge >= 0.3 is 5.97 Å². The minimum atomic E-state index is -0.406. The molecular formula is C10H17NO3. The van der Waals surface area contributed by atoms with E-state index < -0.39 is 5.97 Å². The van der Waals surface area contributed by atoms with E-state index in [1.165, 1.54) is 19.8 Å². The Balaban J connectivity index is 2.02. The van der Waals surface area contributed by atoms with Crippen molar-refractivity contribution in [2.24, 2.45) is 0 Å². The lowest BCUT2D eigenvalue weighted by Crippen LogP contribution is -2.25. The SMILES string of the molecule is CC(=O)CC(=O)OCCN1CCCC1. The largest absolute Gasteiger partial charge is 0.464 e. The first-order valence-corrected chi connectivity index (χ1v) is 5.06. The Morgan fingerprint density at radius 1 is 1.29 bits per heavy atom. The summed E-state index contributed by atoms with van der Waals surface area (Å²) in [4.78, 5) is 23.8. The summed E-state index contributed by atoms with van der Waals surface area (Å²) in [7, 11) is 0. The quantitative estimate of drug-likeness (QED) is 0.480. The minimum Gasteiger partial charge on any atom is -0.464 e. The predicted molar refractivity (Wildman–Crippen MR) is 51.9 cm³/mol. The monoisotopic (exact) mass is 199 g/mol. The van der Waals surface area contributed by atoms with Crippen LogP contribution in [0.1, 0.15) is 26.2 Å². The Hall–Kier alpha value is -0.900. The van der Waals surface area contributed by atoms with Crippen molar-refractivity contribution in [3.63, 3.8) is 0 Å². The summed E-state index contributed by atoms with van der Waals surface area (Å²) in [6.07, 6.45) is 2.38. The molecule has 0 aromatic carbocycles. The summed E-state index contributed by atoms with van der Waals surface area (Å²) in [6, 6.07) is 0. The van der Waals surface area contributed by atoms with Gasteiger partial charge in [-0.2, -0.15) is 0 Å². The van der Waals surface area contributed by atoms with Crippen LogP contribution in [0.2, 0.25) is 0 Å². The van der Waals surface area contributed by atoms with Crippen LogP contribution in [0, 0.1) is 0 Å². The molecule has 0 aliphatic carbocycles. The van der Waals surface area contributed by atoms with E-state index in [9.17, 15) is 9.59 Å². The third-order valence-corrected chi connectivity index (χ3v) is 2.26. The third kappa shape index (κ3) is 4.37. The summed E-state index contributed by atoms with van der Waals surface area (Å²) in [5, 5.41) is 0. The number of Topliss-reactive ketones (excluding diaryl/α,β-unsaturated/α-hetero) is 1. The van der Waals surface area contributed by atoms with Crippen LogP contribution in [0.4, 0.5) is 0 Å². The first kappa shape index (κ1) is 11.2. The van der Waals surface area contributed by atoms with Crippen molar-refractivity contribution in [3.8, 4) is 0 Å². The maximum Gasteiger partial charge on any atom is 0.313 e. The Morgan fingerprint density at radius 3 is 2.50 bits per heavy atom. The van der Waals surface area contributed by atoms with Gasteiger partial charge in [-0.05, 0) is 32.9 Å². The molecule has 1 rings (SSSR count). The highest BCUT2D eigenvalue weighted by Gasteiger charge is 2.12. The molecule has 0 atom stereocenters. The van der Waals surface area contributed by atoms with Crippen LogP contribution in [0.3, 0.4) is 0 Å². The number of ketones is 1. The molecule has 0 amide bonds. The van der Waals surface area contributed by atoms with Gasteiger partial charge in [-0.3, -0.25) is 14.5 Å². The average molecular weight is 199 g/mol. The molecule has 1 aliphatic rings. The Kier molecular flexibility index (Phi) is 4.59. The summed E-state index contributed by atoms with van der Waals surface area (Å²) < 4.78 is 4.91. The predicted octanol–water partition coefficient (Wildman–Crippen LogP) is 0.605. The molecule has 0 aromatic heterocycles. The lowest BCUT2D eigenvalue weighted by atomic mass is 10.3. The number of likely N-dealkylation sites (tertiary alicyclic amines) is 1. The van der Waals surface area contributed by atoms with E-state index in [4.69, 9.17) is 4.74 Å². The maximum atomic E-state index is 11.0. The van der Waals surface area contributed by atoms with Crippen molar-refractivity contribution in [2.75, 3.05) is 26.2 Å². The molecular weight excluding hydrogens is 182 g/mol. The van der Waals surface area contributed by atoms with Crippen LogP contribution < -0.4 is 0 Å². The van der Waals surface area contributed by atoms with Crippen LogP contribution in [0.15, 0.2) is 0 Å². The van der Waals surface area contributed by atoms with Crippen LogP contribution in [0.5, 0.6) is 0 Å². The second-order valence-corrected chi connectivity index (χ2v) is 3.65. The van der Waals surface area contributed by atoms with E-state index in [0.717, 1.165) is 19.6 Å². The van der Waals surface area contributed by atoms with E-state index in [1.54, 1.807) is 0 Å². The van der Waals surface area contributed by atoms with Crippen molar-refractivity contribution < 1.29 is 14.3 Å². The number of rotatable bonds is 5. The number of nitrogens with zero attached hydrogens (tertiary/aromatic N) is 1. The molecule has 0 saturated carbocycles. The van der Waals surface area contributed by atoms with Gasteiger partial charge in [-0.15, -0.1) is 0 Å². The normalized spacial score (nSPS) is 16.9. The number of ether oxygens (including phenoxy) is 1. The van der Waals surface area contributed by atoms with Gasteiger partial charge in [0.2, 0.25) is 0 Å². The number of hydrogen-bond donors (Lipinski definition) is 0. The third-order valence-electron chi connectivity index (χ3n) is 2.26. The van der Waals surface area contributed by atoms with E-state index in [-0.39, 0.29) is 12.2 Å². The van der Waals surface area contributed by atoms with E-state index in [1.807, 2.05) is 0 Å². The fraction of sp³-hybridized carbons (Fsp3) is 0.800. The van der Waals surface area contributed by atoms with Crippen molar-refractivity contribution in [2.45, 2.75) is 26.2 Å². The molecule has 0 radical (unpaired) electrons. The van der Waals surface area contributed by atoms with E-state index in [0.29, 0.717) is 6.61 Å². The average Bonchev–Trinajstić information content (AvgIpc) is 2.55. The summed E-state index contributed by atoms with van der Waals surface area (Å²) in [5.41, 5.74) is 0. The zero-order chi connectivity index (χ0) is 10.4. The van der Waals surface area contributed by atoms with Crippen LogP contribution in [0.25, 0.3) is 0 Å². The van der Waals surface area contributed by atoms with Gasteiger partial charge in [0.05, 0.1) is 0 Å². The molecule has 80 valence electrons. The summed E-state index contributed by atoms with van der Waals surface area (Å²) in [6.45, 7) is 4.80. The van der Waals surface area contributed by atoms with Crippen molar-refractivity contribution in [3.05, 3.63) is 0 Å².